The summed E-state index contributed by atoms with van der Waals surface area (Å²) < 4.78 is 1.28. The lowest BCUT2D eigenvalue weighted by Gasteiger charge is -2.45. The molecule has 0 bridgehead atoms. The Morgan fingerprint density at radius 3 is 2.89 bits per heavy atom. The Hall–Kier alpha value is 0.01000. The summed E-state index contributed by atoms with van der Waals surface area (Å²) in [6.45, 7) is 4.76. The fourth-order valence-corrected chi connectivity index (χ4v) is 5.85. The van der Waals surface area contributed by atoms with E-state index in [9.17, 15) is 0 Å². The highest BCUT2D eigenvalue weighted by atomic mass is 79.9. The first-order valence-electron chi connectivity index (χ1n) is 6.81. The first-order chi connectivity index (χ1) is 8.74. The quantitative estimate of drug-likeness (QED) is 0.836. The van der Waals surface area contributed by atoms with Gasteiger partial charge in [0.25, 0.3) is 0 Å². The third kappa shape index (κ3) is 2.04. The van der Waals surface area contributed by atoms with Crippen molar-refractivity contribution < 1.29 is 0 Å². The van der Waals surface area contributed by atoms with E-state index in [1.165, 1.54) is 35.2 Å². The first kappa shape index (κ1) is 13.0. The molecule has 2 saturated heterocycles. The van der Waals surface area contributed by atoms with Crippen molar-refractivity contribution in [1.82, 2.24) is 5.32 Å². The summed E-state index contributed by atoms with van der Waals surface area (Å²) in [4.78, 5) is 0. The second-order valence-corrected chi connectivity index (χ2v) is 7.83. The summed E-state index contributed by atoms with van der Waals surface area (Å²) in [5.41, 5.74) is 2.01. The lowest BCUT2D eigenvalue weighted by atomic mass is 9.64. The molecule has 0 aliphatic carbocycles. The SMILES string of the molecule is CC1SCCC12CCNCC2c1ccccc1Br. The average Bonchev–Trinajstić information content (AvgIpc) is 2.73. The van der Waals surface area contributed by atoms with Crippen molar-refractivity contribution in [2.24, 2.45) is 5.41 Å². The van der Waals surface area contributed by atoms with Gasteiger partial charge in [-0.05, 0) is 42.2 Å². The third-order valence-corrected chi connectivity index (χ3v) is 6.97. The minimum absolute atomic E-state index is 0.514. The van der Waals surface area contributed by atoms with Crippen molar-refractivity contribution in [2.75, 3.05) is 18.8 Å². The van der Waals surface area contributed by atoms with Gasteiger partial charge in [0.2, 0.25) is 0 Å². The molecular formula is C15H20BrNS. The standard InChI is InChI=1S/C15H20BrNS/c1-11-15(7-9-18-11)6-8-17-10-13(15)12-4-2-3-5-14(12)16/h2-5,11,13,17H,6-10H2,1H3. The largest absolute Gasteiger partial charge is 0.316 e. The second-order valence-electron chi connectivity index (χ2n) is 5.52. The van der Waals surface area contributed by atoms with E-state index >= 15 is 0 Å². The highest BCUT2D eigenvalue weighted by Crippen LogP contribution is 2.55. The molecule has 0 aromatic heterocycles. The zero-order chi connectivity index (χ0) is 12.6. The number of rotatable bonds is 1. The zero-order valence-electron chi connectivity index (χ0n) is 10.8. The van der Waals surface area contributed by atoms with Crippen LogP contribution in [0.4, 0.5) is 0 Å². The minimum atomic E-state index is 0.514. The van der Waals surface area contributed by atoms with Crippen LogP contribution in [0.3, 0.4) is 0 Å². The van der Waals surface area contributed by atoms with Gasteiger partial charge in [0.05, 0.1) is 0 Å². The lowest BCUT2D eigenvalue weighted by molar-refractivity contribution is 0.166. The average molecular weight is 326 g/mol. The molecule has 98 valence electrons. The van der Waals surface area contributed by atoms with Gasteiger partial charge in [-0.25, -0.2) is 0 Å². The molecule has 1 aromatic carbocycles. The Morgan fingerprint density at radius 2 is 2.17 bits per heavy atom. The maximum Gasteiger partial charge on any atom is 0.0210 e. The van der Waals surface area contributed by atoms with Gasteiger partial charge in [-0.3, -0.25) is 0 Å². The summed E-state index contributed by atoms with van der Waals surface area (Å²) in [6.07, 6.45) is 2.71. The van der Waals surface area contributed by atoms with Crippen molar-refractivity contribution in [3.05, 3.63) is 34.3 Å². The molecule has 2 aliphatic heterocycles. The number of thioether (sulfide) groups is 1. The number of benzene rings is 1. The first-order valence-corrected chi connectivity index (χ1v) is 8.65. The molecule has 0 saturated carbocycles. The molecule has 0 amide bonds. The summed E-state index contributed by atoms with van der Waals surface area (Å²) in [5, 5.41) is 4.39. The molecule has 0 radical (unpaired) electrons. The predicted octanol–water partition coefficient (Wildman–Crippen LogP) is 4.04. The molecule has 3 unspecified atom stereocenters. The topological polar surface area (TPSA) is 12.0 Å². The highest BCUT2D eigenvalue weighted by molar-refractivity contribution is 9.10. The molecule has 18 heavy (non-hydrogen) atoms. The number of nitrogens with one attached hydrogen (secondary N) is 1. The van der Waals surface area contributed by atoms with E-state index in [0.29, 0.717) is 11.3 Å². The molecule has 1 spiro atoms. The molecule has 2 aliphatic rings. The van der Waals surface area contributed by atoms with Crippen LogP contribution in [0, 0.1) is 5.41 Å². The van der Waals surface area contributed by atoms with Crippen LogP contribution in [-0.2, 0) is 0 Å². The minimum Gasteiger partial charge on any atom is -0.316 e. The van der Waals surface area contributed by atoms with Gasteiger partial charge < -0.3 is 5.32 Å². The second kappa shape index (κ2) is 5.18. The monoisotopic (exact) mass is 325 g/mol. The normalized spacial score (nSPS) is 36.1. The van der Waals surface area contributed by atoms with Crippen LogP contribution in [0.25, 0.3) is 0 Å². The van der Waals surface area contributed by atoms with Crippen molar-refractivity contribution >= 4 is 27.7 Å². The fourth-order valence-electron chi connectivity index (χ4n) is 3.70. The van der Waals surface area contributed by atoms with E-state index in [1.807, 2.05) is 0 Å². The Balaban J connectivity index is 2.00. The van der Waals surface area contributed by atoms with Crippen molar-refractivity contribution in [3.63, 3.8) is 0 Å². The molecule has 3 atom stereocenters. The smallest absolute Gasteiger partial charge is 0.0210 e. The predicted molar refractivity (Wildman–Crippen MR) is 83.3 cm³/mol. The van der Waals surface area contributed by atoms with E-state index in [-0.39, 0.29) is 0 Å². The van der Waals surface area contributed by atoms with Gasteiger partial charge in [-0.15, -0.1) is 0 Å². The summed E-state index contributed by atoms with van der Waals surface area (Å²) in [6, 6.07) is 8.78. The van der Waals surface area contributed by atoms with Crippen LogP contribution in [0.15, 0.2) is 28.7 Å². The molecule has 1 N–H and O–H groups in total. The van der Waals surface area contributed by atoms with E-state index in [0.717, 1.165) is 11.8 Å². The number of hydrogen-bond acceptors (Lipinski definition) is 2. The van der Waals surface area contributed by atoms with Gasteiger partial charge in [0.1, 0.15) is 0 Å². The Morgan fingerprint density at radius 1 is 1.33 bits per heavy atom. The number of piperidine rings is 1. The van der Waals surface area contributed by atoms with Crippen molar-refractivity contribution in [3.8, 4) is 0 Å². The van der Waals surface area contributed by atoms with E-state index in [4.69, 9.17) is 0 Å². The molecule has 1 nitrogen and oxygen atoms in total. The molecule has 1 aromatic rings. The Kier molecular flexibility index (Phi) is 3.75. The van der Waals surface area contributed by atoms with E-state index in [1.54, 1.807) is 0 Å². The summed E-state index contributed by atoms with van der Waals surface area (Å²) in [5.74, 6) is 1.99. The van der Waals surface area contributed by atoms with E-state index in [2.05, 4.69) is 64.2 Å². The number of halogens is 1. The van der Waals surface area contributed by atoms with Gasteiger partial charge in [-0.1, -0.05) is 41.1 Å². The molecule has 3 heteroatoms. The molecule has 2 heterocycles. The molecular weight excluding hydrogens is 306 g/mol. The fraction of sp³-hybridized carbons (Fsp3) is 0.600. The lowest BCUT2D eigenvalue weighted by Crippen LogP contribution is -2.46. The molecule has 3 rings (SSSR count). The number of hydrogen-bond donors (Lipinski definition) is 1. The van der Waals surface area contributed by atoms with Crippen molar-refractivity contribution in [2.45, 2.75) is 30.9 Å². The van der Waals surface area contributed by atoms with E-state index < -0.39 is 0 Å². The maximum atomic E-state index is 3.75. The molecule has 2 fully saturated rings. The van der Waals surface area contributed by atoms with Gasteiger partial charge in [0.15, 0.2) is 0 Å². The van der Waals surface area contributed by atoms with Crippen LogP contribution >= 0.6 is 27.7 Å². The van der Waals surface area contributed by atoms with Gasteiger partial charge >= 0.3 is 0 Å². The maximum absolute atomic E-state index is 3.75. The van der Waals surface area contributed by atoms with Crippen LogP contribution in [0.1, 0.15) is 31.2 Å². The van der Waals surface area contributed by atoms with Gasteiger partial charge in [0, 0.05) is 22.2 Å². The van der Waals surface area contributed by atoms with Crippen LogP contribution in [0.2, 0.25) is 0 Å². The van der Waals surface area contributed by atoms with Gasteiger partial charge in [-0.2, -0.15) is 11.8 Å². The summed E-state index contributed by atoms with van der Waals surface area (Å²) >= 11 is 5.91. The van der Waals surface area contributed by atoms with Crippen LogP contribution < -0.4 is 5.32 Å². The zero-order valence-corrected chi connectivity index (χ0v) is 13.2. The Bertz CT molecular complexity index is 436. The highest BCUT2D eigenvalue weighted by Gasteiger charge is 2.48. The van der Waals surface area contributed by atoms with Crippen LogP contribution in [-0.4, -0.2) is 24.1 Å². The van der Waals surface area contributed by atoms with Crippen LogP contribution in [0.5, 0.6) is 0 Å². The third-order valence-electron chi connectivity index (χ3n) is 4.84. The van der Waals surface area contributed by atoms with Crippen molar-refractivity contribution in [1.29, 1.82) is 0 Å². The summed E-state index contributed by atoms with van der Waals surface area (Å²) in [7, 11) is 0. The Labute approximate surface area is 122 Å².